The zero-order valence-electron chi connectivity index (χ0n) is 14.4. The molecule has 1 aromatic heterocycles. The summed E-state index contributed by atoms with van der Waals surface area (Å²) in [6, 6.07) is 6.87. The summed E-state index contributed by atoms with van der Waals surface area (Å²) >= 11 is 17.6. The number of benzene rings is 1. The number of hydrogen-bond donors (Lipinski definition) is 2. The molecule has 1 aromatic carbocycles. The summed E-state index contributed by atoms with van der Waals surface area (Å²) in [5.41, 5.74) is 5.68. The second-order valence-electron chi connectivity index (χ2n) is 5.26. The molecule has 2 aromatic rings. The predicted octanol–water partition coefficient (Wildman–Crippen LogP) is 4.21. The van der Waals surface area contributed by atoms with Crippen LogP contribution < -0.4 is 15.8 Å². The summed E-state index contributed by atoms with van der Waals surface area (Å²) in [5, 5.41) is 2.15. The van der Waals surface area contributed by atoms with Gasteiger partial charge < -0.3 is 20.5 Å². The van der Waals surface area contributed by atoms with Crippen molar-refractivity contribution in [1.82, 2.24) is 4.98 Å². The molecule has 3 N–H and O–H groups in total. The van der Waals surface area contributed by atoms with Crippen LogP contribution in [0.1, 0.15) is 24.3 Å². The van der Waals surface area contributed by atoms with E-state index in [1.807, 2.05) is 6.92 Å². The maximum absolute atomic E-state index is 12.3. The number of carbonyl (C=O) groups excluding carboxylic acids is 2. The molecular weight excluding hydrogens is 417 g/mol. The highest BCUT2D eigenvalue weighted by molar-refractivity contribution is 6.46. The molecule has 0 bridgehead atoms. The zero-order chi connectivity index (χ0) is 20.1. The number of aromatic nitrogens is 1. The standard InChI is InChI=1S/C17H16Cl3N3O4/c1-3-26-10-7-5-4-6-9(10)22-16(24)8(2)27-17(25)14-11(18)13(21)12(19)15(20)23-14/h4-8H,3H2,1-2H3,(H2,21,23)(H,22,24). The highest BCUT2D eigenvalue weighted by atomic mass is 35.5. The lowest BCUT2D eigenvalue weighted by atomic mass is 10.2. The molecule has 0 saturated carbocycles. The summed E-state index contributed by atoms with van der Waals surface area (Å²) in [6.07, 6.45) is -1.15. The van der Waals surface area contributed by atoms with Crippen LogP contribution in [0.3, 0.4) is 0 Å². The van der Waals surface area contributed by atoms with Gasteiger partial charge in [-0.1, -0.05) is 46.9 Å². The van der Waals surface area contributed by atoms with Gasteiger partial charge in [0.25, 0.3) is 5.91 Å². The van der Waals surface area contributed by atoms with Gasteiger partial charge in [-0.05, 0) is 26.0 Å². The maximum atomic E-state index is 12.3. The van der Waals surface area contributed by atoms with E-state index in [0.717, 1.165) is 0 Å². The van der Waals surface area contributed by atoms with Gasteiger partial charge in [-0.15, -0.1) is 0 Å². The van der Waals surface area contributed by atoms with Crippen LogP contribution in [-0.2, 0) is 9.53 Å². The van der Waals surface area contributed by atoms with Gasteiger partial charge >= 0.3 is 5.97 Å². The number of hydrogen-bond acceptors (Lipinski definition) is 6. The Kier molecular flexibility index (Phi) is 7.12. The number of carbonyl (C=O) groups is 2. The summed E-state index contributed by atoms with van der Waals surface area (Å²) in [6.45, 7) is 3.65. The minimum absolute atomic E-state index is 0.0726. The summed E-state index contributed by atoms with van der Waals surface area (Å²) in [4.78, 5) is 28.4. The van der Waals surface area contributed by atoms with Crippen molar-refractivity contribution in [3.63, 3.8) is 0 Å². The topological polar surface area (TPSA) is 104 Å². The average molecular weight is 433 g/mol. The first-order valence-corrected chi connectivity index (χ1v) is 8.93. The monoisotopic (exact) mass is 431 g/mol. The molecule has 144 valence electrons. The normalized spacial score (nSPS) is 11.6. The molecule has 0 aliphatic carbocycles. The molecular formula is C17H16Cl3N3O4. The molecule has 0 spiro atoms. The molecule has 1 atom stereocenters. The Morgan fingerprint density at radius 1 is 1.22 bits per heavy atom. The van der Waals surface area contributed by atoms with E-state index in [9.17, 15) is 9.59 Å². The Balaban J connectivity index is 2.12. The van der Waals surface area contributed by atoms with Gasteiger partial charge in [0.05, 0.1) is 23.0 Å². The van der Waals surface area contributed by atoms with Crippen molar-refractivity contribution >= 4 is 58.1 Å². The van der Waals surface area contributed by atoms with E-state index in [4.69, 9.17) is 50.0 Å². The predicted molar refractivity (Wildman–Crippen MR) is 105 cm³/mol. The molecule has 7 nitrogen and oxygen atoms in total. The highest BCUT2D eigenvalue weighted by Crippen LogP contribution is 2.34. The van der Waals surface area contributed by atoms with Gasteiger partial charge in [-0.3, -0.25) is 4.79 Å². The Morgan fingerprint density at radius 3 is 2.56 bits per heavy atom. The molecule has 0 fully saturated rings. The van der Waals surface area contributed by atoms with Crippen molar-refractivity contribution in [2.45, 2.75) is 20.0 Å². The molecule has 1 unspecified atom stereocenters. The summed E-state index contributed by atoms with van der Waals surface area (Å²) < 4.78 is 10.5. The molecule has 0 saturated heterocycles. The molecule has 27 heavy (non-hydrogen) atoms. The fourth-order valence-corrected chi connectivity index (χ4v) is 2.61. The lowest BCUT2D eigenvalue weighted by Crippen LogP contribution is -2.30. The van der Waals surface area contributed by atoms with Crippen molar-refractivity contribution in [2.24, 2.45) is 0 Å². The van der Waals surface area contributed by atoms with Gasteiger partial charge in [-0.2, -0.15) is 0 Å². The molecule has 10 heteroatoms. The number of anilines is 2. The SMILES string of the molecule is CCOc1ccccc1NC(=O)C(C)OC(=O)c1nc(Cl)c(Cl)c(N)c1Cl. The summed E-state index contributed by atoms with van der Waals surface area (Å²) in [7, 11) is 0. The molecule has 1 amide bonds. The number of rotatable bonds is 6. The fourth-order valence-electron chi connectivity index (χ4n) is 2.02. The highest BCUT2D eigenvalue weighted by Gasteiger charge is 2.25. The molecule has 0 radical (unpaired) electrons. The lowest BCUT2D eigenvalue weighted by Gasteiger charge is -2.16. The Bertz CT molecular complexity index is 877. The number of nitrogens with one attached hydrogen (secondary N) is 1. The van der Waals surface area contributed by atoms with Crippen molar-refractivity contribution in [3.8, 4) is 5.75 Å². The van der Waals surface area contributed by atoms with Crippen LogP contribution in [-0.4, -0.2) is 29.6 Å². The third-order valence-corrected chi connectivity index (χ3v) is 4.50. The summed E-state index contributed by atoms with van der Waals surface area (Å²) in [5.74, 6) is -1.04. The number of halogens is 3. The van der Waals surface area contributed by atoms with Gasteiger partial charge in [-0.25, -0.2) is 9.78 Å². The van der Waals surface area contributed by atoms with Crippen LogP contribution in [0.25, 0.3) is 0 Å². The quantitative estimate of drug-likeness (QED) is 0.523. The van der Waals surface area contributed by atoms with Gasteiger partial charge in [0, 0.05) is 0 Å². The van der Waals surface area contributed by atoms with E-state index < -0.39 is 18.0 Å². The van der Waals surface area contributed by atoms with Crippen LogP contribution in [0.2, 0.25) is 15.2 Å². The maximum Gasteiger partial charge on any atom is 0.359 e. The Morgan fingerprint density at radius 2 is 1.89 bits per heavy atom. The Labute approximate surface area is 170 Å². The minimum Gasteiger partial charge on any atom is -0.492 e. The third kappa shape index (κ3) is 4.94. The average Bonchev–Trinajstić information content (AvgIpc) is 2.64. The molecule has 1 heterocycles. The van der Waals surface area contributed by atoms with Crippen LogP contribution in [0, 0.1) is 0 Å². The van der Waals surface area contributed by atoms with Crippen molar-refractivity contribution in [1.29, 1.82) is 0 Å². The van der Waals surface area contributed by atoms with Crippen LogP contribution in [0.4, 0.5) is 11.4 Å². The third-order valence-electron chi connectivity index (χ3n) is 3.36. The smallest absolute Gasteiger partial charge is 0.359 e. The van der Waals surface area contributed by atoms with Crippen LogP contribution in [0.5, 0.6) is 5.75 Å². The molecule has 0 aliphatic heterocycles. The number of nitrogens with zero attached hydrogens (tertiary/aromatic N) is 1. The van der Waals surface area contributed by atoms with E-state index in [-0.39, 0.29) is 26.6 Å². The number of amides is 1. The largest absolute Gasteiger partial charge is 0.492 e. The second-order valence-corrected chi connectivity index (χ2v) is 6.37. The number of ether oxygens (including phenoxy) is 2. The zero-order valence-corrected chi connectivity index (χ0v) is 16.7. The van der Waals surface area contributed by atoms with E-state index in [2.05, 4.69) is 10.3 Å². The van der Waals surface area contributed by atoms with Gasteiger partial charge in [0.2, 0.25) is 0 Å². The number of nitrogen functional groups attached to an aromatic ring is 1. The number of para-hydroxylation sites is 2. The first-order chi connectivity index (χ1) is 12.8. The second kappa shape index (κ2) is 9.12. The molecule has 2 rings (SSSR count). The number of nitrogens with two attached hydrogens (primary N) is 1. The lowest BCUT2D eigenvalue weighted by molar-refractivity contribution is -0.123. The van der Waals surface area contributed by atoms with Gasteiger partial charge in [0.1, 0.15) is 10.8 Å². The number of pyridine rings is 1. The van der Waals surface area contributed by atoms with Gasteiger partial charge in [0.15, 0.2) is 17.0 Å². The van der Waals surface area contributed by atoms with E-state index in [0.29, 0.717) is 18.0 Å². The van der Waals surface area contributed by atoms with Crippen molar-refractivity contribution in [2.75, 3.05) is 17.7 Å². The van der Waals surface area contributed by atoms with Crippen molar-refractivity contribution < 1.29 is 19.1 Å². The first-order valence-electron chi connectivity index (χ1n) is 7.79. The van der Waals surface area contributed by atoms with E-state index in [1.54, 1.807) is 24.3 Å². The Hall–Kier alpha value is -2.22. The fraction of sp³-hybridized carbons (Fsp3) is 0.235. The number of esters is 1. The van der Waals surface area contributed by atoms with Crippen molar-refractivity contribution in [3.05, 3.63) is 45.2 Å². The van der Waals surface area contributed by atoms with E-state index >= 15 is 0 Å². The van der Waals surface area contributed by atoms with E-state index in [1.165, 1.54) is 6.92 Å². The van der Waals surface area contributed by atoms with Crippen LogP contribution >= 0.6 is 34.8 Å². The minimum atomic E-state index is -1.15. The first kappa shape index (κ1) is 21.1. The van der Waals surface area contributed by atoms with Crippen LogP contribution in [0.15, 0.2) is 24.3 Å². The molecule has 0 aliphatic rings.